The minimum absolute atomic E-state index is 0.220. The number of aromatic nitrogens is 6. The zero-order valence-corrected chi connectivity index (χ0v) is 14.1. The highest BCUT2D eigenvalue weighted by Gasteiger charge is 2.13. The fraction of sp³-hybridized carbons (Fsp3) is 0.167. The van der Waals surface area contributed by atoms with Crippen molar-refractivity contribution >= 4 is 11.2 Å². The van der Waals surface area contributed by atoms with Gasteiger partial charge in [-0.25, -0.2) is 9.97 Å². The van der Waals surface area contributed by atoms with Crippen molar-refractivity contribution in [1.29, 1.82) is 0 Å². The van der Waals surface area contributed by atoms with Gasteiger partial charge in [-0.1, -0.05) is 29.5 Å². The molecule has 0 aliphatic rings. The first-order valence-corrected chi connectivity index (χ1v) is 8.21. The van der Waals surface area contributed by atoms with Gasteiger partial charge in [0.05, 0.1) is 24.5 Å². The fourth-order valence-electron chi connectivity index (χ4n) is 2.65. The molecule has 0 aliphatic carbocycles. The van der Waals surface area contributed by atoms with Crippen LogP contribution in [0.2, 0.25) is 0 Å². The maximum atomic E-state index is 12.7. The molecule has 0 saturated carbocycles. The number of hydrogen-bond acceptors (Lipinski definition) is 6. The highest BCUT2D eigenvalue weighted by atomic mass is 16.5. The van der Waals surface area contributed by atoms with Crippen LogP contribution in [0.15, 0.2) is 59.7 Å². The van der Waals surface area contributed by atoms with Crippen LogP contribution in [0.25, 0.3) is 16.9 Å². The maximum absolute atomic E-state index is 12.7. The lowest BCUT2D eigenvalue weighted by atomic mass is 10.3. The fourth-order valence-corrected chi connectivity index (χ4v) is 2.65. The summed E-state index contributed by atoms with van der Waals surface area (Å²) in [5.74, 6) is 0.530. The largest absolute Gasteiger partial charge is 0.478 e. The van der Waals surface area contributed by atoms with Gasteiger partial charge < -0.3 is 4.74 Å². The summed E-state index contributed by atoms with van der Waals surface area (Å²) < 4.78 is 8.41. The maximum Gasteiger partial charge on any atom is 0.283 e. The summed E-state index contributed by atoms with van der Waals surface area (Å²) >= 11 is 0. The van der Waals surface area contributed by atoms with Crippen molar-refractivity contribution in [3.63, 3.8) is 0 Å². The first kappa shape index (κ1) is 15.9. The topological polar surface area (TPSA) is 87.7 Å². The number of fused-ring (bicyclic) bond motifs is 1. The molecule has 0 amide bonds. The molecule has 0 radical (unpaired) electrons. The van der Waals surface area contributed by atoms with E-state index in [0.717, 1.165) is 5.69 Å². The van der Waals surface area contributed by atoms with Crippen molar-refractivity contribution in [2.45, 2.75) is 13.5 Å². The zero-order valence-electron chi connectivity index (χ0n) is 14.1. The van der Waals surface area contributed by atoms with Gasteiger partial charge in [0.15, 0.2) is 11.2 Å². The summed E-state index contributed by atoms with van der Waals surface area (Å²) in [6.07, 6.45) is 1.49. The molecule has 0 bridgehead atoms. The Kier molecular flexibility index (Phi) is 4.14. The van der Waals surface area contributed by atoms with E-state index in [-0.39, 0.29) is 17.6 Å². The number of pyridine rings is 1. The lowest BCUT2D eigenvalue weighted by molar-refractivity contribution is 0.325. The van der Waals surface area contributed by atoms with Crippen LogP contribution < -0.4 is 10.3 Å². The smallest absolute Gasteiger partial charge is 0.283 e. The number of nitrogens with zero attached hydrogens (tertiary/aromatic N) is 6. The minimum atomic E-state index is -0.263. The van der Waals surface area contributed by atoms with Crippen LogP contribution in [0.4, 0.5) is 0 Å². The Balaban J connectivity index is 1.71. The second-order valence-corrected chi connectivity index (χ2v) is 5.59. The van der Waals surface area contributed by atoms with Crippen molar-refractivity contribution < 1.29 is 4.74 Å². The molecule has 0 saturated heterocycles. The summed E-state index contributed by atoms with van der Waals surface area (Å²) in [6, 6.07) is 14.9. The van der Waals surface area contributed by atoms with Crippen LogP contribution in [0.1, 0.15) is 12.6 Å². The van der Waals surface area contributed by atoms with E-state index in [1.165, 1.54) is 10.9 Å². The molecular formula is C18H16N6O2. The molecule has 3 aromatic heterocycles. The Hall–Kier alpha value is -3.55. The summed E-state index contributed by atoms with van der Waals surface area (Å²) in [5, 5.41) is 8.08. The second kappa shape index (κ2) is 6.75. The Morgan fingerprint density at radius 3 is 2.73 bits per heavy atom. The van der Waals surface area contributed by atoms with Crippen molar-refractivity contribution in [2.75, 3.05) is 6.61 Å². The molecule has 0 aliphatic heterocycles. The van der Waals surface area contributed by atoms with Crippen LogP contribution in [0, 0.1) is 0 Å². The summed E-state index contributed by atoms with van der Waals surface area (Å²) in [5.41, 5.74) is 1.88. The van der Waals surface area contributed by atoms with E-state index in [9.17, 15) is 4.79 Å². The summed E-state index contributed by atoms with van der Waals surface area (Å²) in [7, 11) is 0. The Morgan fingerprint density at radius 1 is 1.08 bits per heavy atom. The molecule has 0 spiro atoms. The number of rotatable bonds is 5. The standard InChI is InChI=1S/C18H16N6O2/c1-2-26-15-10-6-7-13(20-15)11-23-12-19-17-16(18(23)25)21-22-24(17)14-8-4-3-5-9-14/h3-10,12H,2,11H2,1H3. The minimum Gasteiger partial charge on any atom is -0.478 e. The SMILES string of the molecule is CCOc1cccc(Cn2cnc3c(nnn3-c3ccccc3)c2=O)n1. The van der Waals surface area contributed by atoms with Crippen LogP contribution in [0.3, 0.4) is 0 Å². The van der Waals surface area contributed by atoms with E-state index in [0.29, 0.717) is 23.8 Å². The average Bonchev–Trinajstić information content (AvgIpc) is 3.10. The highest BCUT2D eigenvalue weighted by Crippen LogP contribution is 2.12. The second-order valence-electron chi connectivity index (χ2n) is 5.59. The van der Waals surface area contributed by atoms with E-state index in [1.807, 2.05) is 49.4 Å². The van der Waals surface area contributed by atoms with Gasteiger partial charge in [-0.05, 0) is 25.1 Å². The Bertz CT molecular complexity index is 1100. The third-order valence-electron chi connectivity index (χ3n) is 3.84. The van der Waals surface area contributed by atoms with Crippen molar-refractivity contribution in [3.8, 4) is 11.6 Å². The van der Waals surface area contributed by atoms with Crippen LogP contribution in [-0.2, 0) is 6.54 Å². The number of hydrogen-bond donors (Lipinski definition) is 0. The number of para-hydroxylation sites is 1. The van der Waals surface area contributed by atoms with E-state index in [4.69, 9.17) is 4.74 Å². The van der Waals surface area contributed by atoms with Gasteiger partial charge in [0.2, 0.25) is 5.88 Å². The van der Waals surface area contributed by atoms with E-state index >= 15 is 0 Å². The molecule has 1 aromatic carbocycles. The Morgan fingerprint density at radius 2 is 1.92 bits per heavy atom. The molecule has 0 N–H and O–H groups in total. The number of ether oxygens (including phenoxy) is 1. The highest BCUT2D eigenvalue weighted by molar-refractivity contribution is 5.70. The van der Waals surface area contributed by atoms with Gasteiger partial charge in [-0.3, -0.25) is 9.36 Å². The number of benzene rings is 1. The van der Waals surface area contributed by atoms with E-state index in [2.05, 4.69) is 20.3 Å². The quantitative estimate of drug-likeness (QED) is 0.547. The predicted molar refractivity (Wildman–Crippen MR) is 95.4 cm³/mol. The van der Waals surface area contributed by atoms with Crippen molar-refractivity contribution in [1.82, 2.24) is 29.5 Å². The molecule has 0 fully saturated rings. The van der Waals surface area contributed by atoms with Gasteiger partial charge in [0, 0.05) is 6.07 Å². The van der Waals surface area contributed by atoms with Gasteiger partial charge in [-0.15, -0.1) is 5.10 Å². The molecule has 8 heteroatoms. The van der Waals surface area contributed by atoms with Crippen LogP contribution in [-0.4, -0.2) is 36.1 Å². The molecule has 3 heterocycles. The van der Waals surface area contributed by atoms with Gasteiger partial charge in [0.25, 0.3) is 5.56 Å². The lowest BCUT2D eigenvalue weighted by Crippen LogP contribution is -2.22. The van der Waals surface area contributed by atoms with Gasteiger partial charge >= 0.3 is 0 Å². The molecule has 8 nitrogen and oxygen atoms in total. The molecule has 0 atom stereocenters. The molecular weight excluding hydrogens is 332 g/mol. The molecule has 26 heavy (non-hydrogen) atoms. The van der Waals surface area contributed by atoms with Crippen LogP contribution in [0.5, 0.6) is 5.88 Å². The average molecular weight is 348 g/mol. The van der Waals surface area contributed by atoms with Gasteiger partial charge in [0.1, 0.15) is 6.33 Å². The first-order chi connectivity index (χ1) is 12.8. The molecule has 0 unspecified atom stereocenters. The molecule has 4 rings (SSSR count). The van der Waals surface area contributed by atoms with Gasteiger partial charge in [-0.2, -0.15) is 4.68 Å². The van der Waals surface area contributed by atoms with E-state index < -0.39 is 0 Å². The van der Waals surface area contributed by atoms with Crippen molar-refractivity contribution in [3.05, 3.63) is 70.9 Å². The van der Waals surface area contributed by atoms with E-state index in [1.54, 1.807) is 10.7 Å². The lowest BCUT2D eigenvalue weighted by Gasteiger charge is -2.07. The monoisotopic (exact) mass is 348 g/mol. The Labute approximate surface area is 148 Å². The first-order valence-electron chi connectivity index (χ1n) is 8.21. The predicted octanol–water partition coefficient (Wildman–Crippen LogP) is 1.82. The third-order valence-corrected chi connectivity index (χ3v) is 3.84. The van der Waals surface area contributed by atoms with Crippen molar-refractivity contribution in [2.24, 2.45) is 0 Å². The third kappa shape index (κ3) is 2.92. The zero-order chi connectivity index (χ0) is 17.9. The summed E-state index contributed by atoms with van der Waals surface area (Å²) in [6.45, 7) is 2.71. The molecule has 4 aromatic rings. The normalized spacial score (nSPS) is 11.0. The summed E-state index contributed by atoms with van der Waals surface area (Å²) in [4.78, 5) is 21.5. The van der Waals surface area contributed by atoms with Crippen LogP contribution >= 0.6 is 0 Å². The molecule has 130 valence electrons.